The fourth-order valence-electron chi connectivity index (χ4n) is 1.91. The van der Waals surface area contributed by atoms with E-state index in [1.165, 1.54) is 0 Å². The third-order valence-corrected chi connectivity index (χ3v) is 3.10. The first-order valence-corrected chi connectivity index (χ1v) is 6.31. The molecule has 1 heterocycles. The molecular formula is C13H17ClO3. The summed E-state index contributed by atoms with van der Waals surface area (Å²) < 4.78 is 11.2. The summed E-state index contributed by atoms with van der Waals surface area (Å²) in [5.41, 5.74) is 1.02. The molecule has 1 aromatic carbocycles. The van der Waals surface area contributed by atoms with Gasteiger partial charge in [0.15, 0.2) is 0 Å². The van der Waals surface area contributed by atoms with Crippen LogP contribution < -0.4 is 4.74 Å². The number of aliphatic hydroxyl groups excluding tert-OH is 1. The van der Waals surface area contributed by atoms with Crippen molar-refractivity contribution in [3.63, 3.8) is 0 Å². The van der Waals surface area contributed by atoms with E-state index in [1.807, 2.05) is 18.2 Å². The van der Waals surface area contributed by atoms with Gasteiger partial charge in [0, 0.05) is 13.2 Å². The number of aliphatic hydroxyl groups is 1. The van der Waals surface area contributed by atoms with Crippen molar-refractivity contribution in [1.82, 2.24) is 0 Å². The Balaban J connectivity index is 2.00. The van der Waals surface area contributed by atoms with Crippen LogP contribution in [0.1, 0.15) is 18.4 Å². The molecule has 0 amide bonds. The van der Waals surface area contributed by atoms with E-state index < -0.39 is 0 Å². The lowest BCUT2D eigenvalue weighted by Gasteiger charge is -2.23. The van der Waals surface area contributed by atoms with Crippen LogP contribution in [0.3, 0.4) is 0 Å². The Hall–Kier alpha value is -0.770. The van der Waals surface area contributed by atoms with Gasteiger partial charge in [-0.05, 0) is 37.0 Å². The summed E-state index contributed by atoms with van der Waals surface area (Å²) in [6, 6.07) is 5.64. The van der Waals surface area contributed by atoms with Gasteiger partial charge >= 0.3 is 0 Å². The SMILES string of the molecule is OCCc1ccc(OC2CCCOC2)c(Cl)c1. The number of ether oxygens (including phenoxy) is 2. The maximum Gasteiger partial charge on any atom is 0.138 e. The van der Waals surface area contributed by atoms with Gasteiger partial charge < -0.3 is 14.6 Å². The highest BCUT2D eigenvalue weighted by atomic mass is 35.5. The maximum absolute atomic E-state index is 8.85. The minimum atomic E-state index is 0.102. The lowest BCUT2D eigenvalue weighted by atomic mass is 10.1. The van der Waals surface area contributed by atoms with Gasteiger partial charge in [-0.3, -0.25) is 0 Å². The molecular weight excluding hydrogens is 240 g/mol. The van der Waals surface area contributed by atoms with Crippen LogP contribution in [0, 0.1) is 0 Å². The van der Waals surface area contributed by atoms with E-state index in [2.05, 4.69) is 0 Å². The third-order valence-electron chi connectivity index (χ3n) is 2.81. The first kappa shape index (κ1) is 12.7. The summed E-state index contributed by atoms with van der Waals surface area (Å²) in [5.74, 6) is 0.698. The van der Waals surface area contributed by atoms with Gasteiger partial charge in [-0.1, -0.05) is 17.7 Å². The summed E-state index contributed by atoms with van der Waals surface area (Å²) >= 11 is 6.14. The zero-order valence-corrected chi connectivity index (χ0v) is 10.4. The minimum absolute atomic E-state index is 0.102. The number of hydrogen-bond acceptors (Lipinski definition) is 3. The molecule has 1 aromatic rings. The molecule has 0 spiro atoms. The van der Waals surface area contributed by atoms with Crippen LogP contribution in [0.15, 0.2) is 18.2 Å². The highest BCUT2D eigenvalue weighted by Crippen LogP contribution is 2.27. The lowest BCUT2D eigenvalue weighted by molar-refractivity contribution is 0.00747. The molecule has 0 bridgehead atoms. The first-order valence-electron chi connectivity index (χ1n) is 5.93. The van der Waals surface area contributed by atoms with Crippen LogP contribution in [0.5, 0.6) is 5.75 Å². The van der Waals surface area contributed by atoms with E-state index >= 15 is 0 Å². The minimum Gasteiger partial charge on any atom is -0.486 e. The summed E-state index contributed by atoms with van der Waals surface area (Å²) in [4.78, 5) is 0. The predicted molar refractivity (Wildman–Crippen MR) is 66.7 cm³/mol. The average molecular weight is 257 g/mol. The fourth-order valence-corrected chi connectivity index (χ4v) is 2.16. The normalized spacial score (nSPS) is 20.2. The van der Waals surface area contributed by atoms with Crippen molar-refractivity contribution in [3.8, 4) is 5.75 Å². The molecule has 1 aliphatic heterocycles. The van der Waals surface area contributed by atoms with Crippen LogP contribution in [-0.4, -0.2) is 31.0 Å². The molecule has 17 heavy (non-hydrogen) atoms. The monoisotopic (exact) mass is 256 g/mol. The molecule has 1 unspecified atom stereocenters. The number of rotatable bonds is 4. The van der Waals surface area contributed by atoms with E-state index in [0.29, 0.717) is 23.8 Å². The molecule has 1 saturated heterocycles. The van der Waals surface area contributed by atoms with Crippen molar-refractivity contribution < 1.29 is 14.6 Å². The quantitative estimate of drug-likeness (QED) is 0.899. The van der Waals surface area contributed by atoms with Gasteiger partial charge in [0.2, 0.25) is 0 Å². The van der Waals surface area contributed by atoms with Crippen molar-refractivity contribution in [2.75, 3.05) is 19.8 Å². The second-order valence-electron chi connectivity index (χ2n) is 4.20. The van der Waals surface area contributed by atoms with E-state index in [0.717, 1.165) is 25.0 Å². The second kappa shape index (κ2) is 6.24. The van der Waals surface area contributed by atoms with Gasteiger partial charge in [-0.2, -0.15) is 0 Å². The largest absolute Gasteiger partial charge is 0.486 e. The Labute approximate surface area is 106 Å². The van der Waals surface area contributed by atoms with E-state index in [9.17, 15) is 0 Å². The summed E-state index contributed by atoms with van der Waals surface area (Å²) in [5, 5.41) is 9.45. The van der Waals surface area contributed by atoms with Gasteiger partial charge in [0.05, 0.1) is 11.6 Å². The zero-order valence-electron chi connectivity index (χ0n) is 9.69. The van der Waals surface area contributed by atoms with Gasteiger partial charge in [-0.25, -0.2) is 0 Å². The summed E-state index contributed by atoms with van der Waals surface area (Å²) in [6.45, 7) is 1.59. The molecule has 0 aromatic heterocycles. The van der Waals surface area contributed by atoms with Crippen LogP contribution in [0.4, 0.5) is 0 Å². The lowest BCUT2D eigenvalue weighted by Crippen LogP contribution is -2.28. The van der Waals surface area contributed by atoms with Crippen LogP contribution in [0.25, 0.3) is 0 Å². The third kappa shape index (κ3) is 3.60. The molecule has 4 heteroatoms. The van der Waals surface area contributed by atoms with Crippen molar-refractivity contribution in [3.05, 3.63) is 28.8 Å². The van der Waals surface area contributed by atoms with Gasteiger partial charge in [0.1, 0.15) is 11.9 Å². The predicted octanol–water partition coefficient (Wildman–Crippen LogP) is 2.43. The van der Waals surface area contributed by atoms with Crippen molar-refractivity contribution >= 4 is 11.6 Å². The fraction of sp³-hybridized carbons (Fsp3) is 0.538. The Bertz CT molecular complexity index is 362. The van der Waals surface area contributed by atoms with E-state index in [-0.39, 0.29) is 12.7 Å². The van der Waals surface area contributed by atoms with E-state index in [4.69, 9.17) is 26.2 Å². The highest BCUT2D eigenvalue weighted by Gasteiger charge is 2.16. The molecule has 2 rings (SSSR count). The Kier molecular flexibility index (Phi) is 4.66. The number of hydrogen-bond donors (Lipinski definition) is 1. The van der Waals surface area contributed by atoms with Crippen molar-refractivity contribution in [2.24, 2.45) is 0 Å². The van der Waals surface area contributed by atoms with Crippen molar-refractivity contribution in [2.45, 2.75) is 25.4 Å². The summed E-state index contributed by atoms with van der Waals surface area (Å²) in [7, 11) is 0. The van der Waals surface area contributed by atoms with Gasteiger partial charge in [-0.15, -0.1) is 0 Å². The molecule has 0 aliphatic carbocycles. The number of halogens is 1. The molecule has 1 aliphatic rings. The number of benzene rings is 1. The average Bonchev–Trinajstić information content (AvgIpc) is 2.34. The van der Waals surface area contributed by atoms with Gasteiger partial charge in [0.25, 0.3) is 0 Å². The summed E-state index contributed by atoms with van der Waals surface area (Å²) in [6.07, 6.45) is 2.76. The van der Waals surface area contributed by atoms with Crippen LogP contribution >= 0.6 is 11.6 Å². The molecule has 1 atom stereocenters. The molecule has 94 valence electrons. The van der Waals surface area contributed by atoms with Crippen LogP contribution in [0.2, 0.25) is 5.02 Å². The molecule has 0 saturated carbocycles. The second-order valence-corrected chi connectivity index (χ2v) is 4.60. The smallest absolute Gasteiger partial charge is 0.138 e. The topological polar surface area (TPSA) is 38.7 Å². The van der Waals surface area contributed by atoms with Crippen molar-refractivity contribution in [1.29, 1.82) is 0 Å². The molecule has 1 fully saturated rings. The highest BCUT2D eigenvalue weighted by molar-refractivity contribution is 6.32. The molecule has 3 nitrogen and oxygen atoms in total. The van der Waals surface area contributed by atoms with Crippen LogP contribution in [-0.2, 0) is 11.2 Å². The Morgan fingerprint density at radius 3 is 3.00 bits per heavy atom. The Morgan fingerprint density at radius 1 is 1.47 bits per heavy atom. The Morgan fingerprint density at radius 2 is 2.35 bits per heavy atom. The van der Waals surface area contributed by atoms with E-state index in [1.54, 1.807) is 0 Å². The zero-order chi connectivity index (χ0) is 12.1. The maximum atomic E-state index is 8.85. The first-order chi connectivity index (χ1) is 8.29. The molecule has 1 N–H and O–H groups in total. The molecule has 0 radical (unpaired) electrons. The standard InChI is InChI=1S/C13H17ClO3/c14-12-8-10(5-6-15)3-4-13(12)17-11-2-1-7-16-9-11/h3-4,8,11,15H,1-2,5-7,9H2.